The smallest absolute Gasteiger partial charge is 0.335 e. The van der Waals surface area contributed by atoms with Crippen LogP contribution in [0.15, 0.2) is 54.6 Å². The lowest BCUT2D eigenvalue weighted by atomic mass is 10.0. The summed E-state index contributed by atoms with van der Waals surface area (Å²) in [5.74, 6) is -1.34. The lowest BCUT2D eigenvalue weighted by molar-refractivity contribution is -0.266. The first kappa shape index (κ1) is 15.6. The molecule has 3 aromatic rings. The minimum atomic E-state index is -1.25. The molecule has 0 amide bonds. The van der Waals surface area contributed by atoms with Crippen LogP contribution in [0.25, 0.3) is 10.8 Å². The summed E-state index contributed by atoms with van der Waals surface area (Å²) in [6, 6.07) is 16.0. The highest BCUT2D eigenvalue weighted by Crippen LogP contribution is 2.34. The fraction of sp³-hybridized carbons (Fsp3) is 0.0556. The van der Waals surface area contributed by atoms with Crippen molar-refractivity contribution in [2.75, 3.05) is 0 Å². The van der Waals surface area contributed by atoms with Gasteiger partial charge in [-0.15, -0.1) is 0 Å². The molecule has 0 unspecified atom stereocenters. The summed E-state index contributed by atoms with van der Waals surface area (Å²) >= 11 is 2.22. The topological polar surface area (TPSA) is 69.6 Å². The summed E-state index contributed by atoms with van der Waals surface area (Å²) in [6.07, 6.45) is 0. The summed E-state index contributed by atoms with van der Waals surface area (Å²) < 4.78 is 6.91. The monoisotopic (exact) mass is 419 g/mol. The zero-order valence-electron chi connectivity index (χ0n) is 12.0. The number of fused-ring (bicyclic) bond motifs is 1. The van der Waals surface area contributed by atoms with Crippen LogP contribution in [0.5, 0.6) is 11.5 Å². The number of hydrogen-bond acceptors (Lipinski definition) is 3. The zero-order chi connectivity index (χ0) is 16.4. The van der Waals surface area contributed by atoms with Crippen molar-refractivity contribution in [3.8, 4) is 11.5 Å². The van der Waals surface area contributed by atoms with E-state index in [-0.39, 0.29) is 5.56 Å². The Bertz CT molecular complexity index is 872. The van der Waals surface area contributed by atoms with Crippen LogP contribution >= 0.6 is 22.6 Å². The van der Waals surface area contributed by atoms with E-state index in [0.717, 1.165) is 9.13 Å². The van der Waals surface area contributed by atoms with Crippen molar-refractivity contribution in [2.45, 2.75) is 6.61 Å². The van der Waals surface area contributed by atoms with Crippen molar-refractivity contribution in [1.82, 2.24) is 0 Å². The molecule has 0 atom stereocenters. The third kappa shape index (κ3) is 3.24. The van der Waals surface area contributed by atoms with Gasteiger partial charge in [-0.1, -0.05) is 42.1 Å². The molecular formula is C18H12IO4-. The largest absolute Gasteiger partial charge is 0.871 e. The second-order valence-corrected chi connectivity index (χ2v) is 6.26. The predicted molar refractivity (Wildman–Crippen MR) is 93.8 cm³/mol. The zero-order valence-corrected chi connectivity index (χ0v) is 14.1. The number of halogens is 1. The summed E-state index contributed by atoms with van der Waals surface area (Å²) in [4.78, 5) is 11.3. The van der Waals surface area contributed by atoms with E-state index < -0.39 is 11.7 Å². The average molecular weight is 419 g/mol. The Kier molecular flexibility index (Phi) is 4.38. The number of carbonyl (C=O) groups is 1. The maximum absolute atomic E-state index is 12.2. The van der Waals surface area contributed by atoms with Crippen LogP contribution in [0.2, 0.25) is 0 Å². The first-order chi connectivity index (χ1) is 11.1. The normalized spacial score (nSPS) is 10.7. The van der Waals surface area contributed by atoms with Crippen LogP contribution in [0.3, 0.4) is 0 Å². The van der Waals surface area contributed by atoms with E-state index in [2.05, 4.69) is 22.6 Å². The van der Waals surface area contributed by atoms with Crippen molar-refractivity contribution >= 4 is 39.3 Å². The molecule has 0 aliphatic carbocycles. The van der Waals surface area contributed by atoms with E-state index in [4.69, 9.17) is 4.74 Å². The Labute approximate surface area is 146 Å². The van der Waals surface area contributed by atoms with Crippen molar-refractivity contribution in [1.29, 1.82) is 0 Å². The third-order valence-corrected chi connectivity index (χ3v) is 4.21. The molecular weight excluding hydrogens is 407 g/mol. The highest BCUT2D eigenvalue weighted by molar-refractivity contribution is 14.1. The predicted octanol–water partition coefficient (Wildman–Crippen LogP) is 3.80. The number of hydrogen-bond donors (Lipinski definition) is 1. The second-order valence-electron chi connectivity index (χ2n) is 5.02. The molecule has 0 aromatic heterocycles. The molecule has 116 valence electrons. The fourth-order valence-corrected chi connectivity index (χ4v) is 2.70. The van der Waals surface area contributed by atoms with Crippen molar-refractivity contribution in [2.24, 2.45) is 0 Å². The molecule has 23 heavy (non-hydrogen) atoms. The van der Waals surface area contributed by atoms with Gasteiger partial charge in [0.15, 0.2) is 0 Å². The van der Waals surface area contributed by atoms with E-state index in [1.807, 2.05) is 24.3 Å². The van der Waals surface area contributed by atoms with Crippen molar-refractivity contribution < 1.29 is 19.7 Å². The number of aromatic carboxylic acids is 1. The average Bonchev–Trinajstić information content (AvgIpc) is 2.55. The van der Waals surface area contributed by atoms with Gasteiger partial charge < -0.3 is 14.9 Å². The fourth-order valence-electron chi connectivity index (χ4n) is 2.34. The molecule has 0 aliphatic rings. The minimum absolute atomic E-state index is 0.277. The number of carboxylic acids is 1. The molecule has 0 spiro atoms. The molecule has 0 radical (unpaired) electrons. The Morgan fingerprint density at radius 2 is 1.74 bits per heavy atom. The standard InChI is InChI=1S/C18H13IO4/c19-12-7-5-11(6-8-12)10-23-16-9-15(18(21)22)17(20)14-4-2-1-3-13(14)16/h1-9,20H,10H2,(H,21,22)/p-1. The molecule has 0 heterocycles. The molecule has 0 aliphatic heterocycles. The van der Waals surface area contributed by atoms with Gasteiger partial charge in [0.2, 0.25) is 0 Å². The van der Waals surface area contributed by atoms with Crippen LogP contribution in [0.4, 0.5) is 0 Å². The van der Waals surface area contributed by atoms with Gasteiger partial charge in [0, 0.05) is 8.96 Å². The van der Waals surface area contributed by atoms with Crippen LogP contribution in [0, 0.1) is 3.57 Å². The van der Waals surface area contributed by atoms with Gasteiger partial charge in [-0.2, -0.15) is 0 Å². The van der Waals surface area contributed by atoms with Crippen molar-refractivity contribution in [3.05, 3.63) is 69.3 Å². The summed E-state index contributed by atoms with van der Waals surface area (Å²) in [5, 5.41) is 22.4. The lowest BCUT2D eigenvalue weighted by Gasteiger charge is -2.18. The first-order valence-electron chi connectivity index (χ1n) is 6.89. The Balaban J connectivity index is 2.00. The summed E-state index contributed by atoms with van der Waals surface area (Å²) in [6.45, 7) is 0.304. The van der Waals surface area contributed by atoms with Crippen molar-refractivity contribution in [3.63, 3.8) is 0 Å². The molecule has 1 N–H and O–H groups in total. The van der Waals surface area contributed by atoms with E-state index in [9.17, 15) is 15.0 Å². The van der Waals surface area contributed by atoms with Crippen LogP contribution in [-0.4, -0.2) is 11.1 Å². The van der Waals surface area contributed by atoms with E-state index in [1.165, 1.54) is 6.07 Å². The van der Waals surface area contributed by atoms with Gasteiger partial charge in [0.1, 0.15) is 12.4 Å². The molecule has 4 nitrogen and oxygen atoms in total. The van der Waals surface area contributed by atoms with Gasteiger partial charge in [0.05, 0.1) is 5.56 Å². The number of ether oxygens (including phenoxy) is 1. The quantitative estimate of drug-likeness (QED) is 0.654. The van der Waals surface area contributed by atoms with E-state index in [1.54, 1.807) is 24.3 Å². The molecule has 5 heteroatoms. The highest BCUT2D eigenvalue weighted by Gasteiger charge is 2.12. The van der Waals surface area contributed by atoms with Crippen LogP contribution < -0.4 is 9.84 Å². The van der Waals surface area contributed by atoms with Gasteiger partial charge in [-0.3, -0.25) is 0 Å². The molecule has 0 saturated carbocycles. The van der Waals surface area contributed by atoms with Crippen LogP contribution in [0.1, 0.15) is 15.9 Å². The third-order valence-electron chi connectivity index (χ3n) is 3.50. The molecule has 3 rings (SSSR count). The molecule has 0 fully saturated rings. The van der Waals surface area contributed by atoms with Crippen LogP contribution in [-0.2, 0) is 6.61 Å². The minimum Gasteiger partial charge on any atom is -0.871 e. The maximum Gasteiger partial charge on any atom is 0.335 e. The number of benzene rings is 3. The number of carboxylic acid groups (broad SMARTS) is 1. The van der Waals surface area contributed by atoms with Gasteiger partial charge in [-0.05, 0) is 51.7 Å². The SMILES string of the molecule is O=C(O)c1cc(OCc2ccc(I)cc2)c2ccccc2c1[O-]. The Morgan fingerprint density at radius 3 is 2.39 bits per heavy atom. The van der Waals surface area contributed by atoms with Gasteiger partial charge in [-0.25, -0.2) is 4.79 Å². The maximum atomic E-state index is 12.2. The lowest BCUT2D eigenvalue weighted by Crippen LogP contribution is -2.06. The summed E-state index contributed by atoms with van der Waals surface area (Å²) in [7, 11) is 0. The first-order valence-corrected chi connectivity index (χ1v) is 7.97. The molecule has 0 bridgehead atoms. The van der Waals surface area contributed by atoms with Gasteiger partial charge in [0.25, 0.3) is 0 Å². The highest BCUT2D eigenvalue weighted by atomic mass is 127. The number of rotatable bonds is 4. The summed E-state index contributed by atoms with van der Waals surface area (Å²) in [5.41, 5.74) is 0.693. The Morgan fingerprint density at radius 1 is 1.09 bits per heavy atom. The molecule has 3 aromatic carbocycles. The second kappa shape index (κ2) is 6.45. The Hall–Kier alpha value is -2.28. The van der Waals surface area contributed by atoms with Gasteiger partial charge >= 0.3 is 5.97 Å². The molecule has 0 saturated heterocycles. The van der Waals surface area contributed by atoms with E-state index in [0.29, 0.717) is 23.1 Å². The van der Waals surface area contributed by atoms with E-state index >= 15 is 0 Å².